The second-order valence-corrected chi connectivity index (χ2v) is 6.90. The lowest BCUT2D eigenvalue weighted by Crippen LogP contribution is -2.05. The Morgan fingerprint density at radius 2 is 2.44 bits per heavy atom. The smallest absolute Gasteiger partial charge is 0.308 e. The van der Waals surface area contributed by atoms with Crippen LogP contribution >= 0.6 is 27.3 Å². The topological polar surface area (TPSA) is 26.3 Å². The Hall–Kier alpha value is -0.350. The van der Waals surface area contributed by atoms with Gasteiger partial charge in [-0.15, -0.1) is 11.3 Å². The van der Waals surface area contributed by atoms with E-state index in [0.717, 1.165) is 12.8 Å². The lowest BCUT2D eigenvalue weighted by molar-refractivity contribution is -0.142. The largest absolute Gasteiger partial charge is 0.469 e. The van der Waals surface area contributed by atoms with Crippen molar-refractivity contribution in [3.05, 3.63) is 20.8 Å². The van der Waals surface area contributed by atoms with Gasteiger partial charge in [0.2, 0.25) is 0 Å². The Balaban J connectivity index is 1.86. The summed E-state index contributed by atoms with van der Waals surface area (Å²) in [7, 11) is 1.47. The van der Waals surface area contributed by atoms with Gasteiger partial charge in [0.1, 0.15) is 0 Å². The van der Waals surface area contributed by atoms with Crippen molar-refractivity contribution in [3.8, 4) is 0 Å². The van der Waals surface area contributed by atoms with Crippen LogP contribution in [0.2, 0.25) is 0 Å². The minimum Gasteiger partial charge on any atom is -0.469 e. The van der Waals surface area contributed by atoms with E-state index in [1.807, 2.05) is 0 Å². The first kappa shape index (κ1) is 12.1. The number of thiophene rings is 1. The van der Waals surface area contributed by atoms with Crippen LogP contribution in [0, 0.1) is 11.8 Å². The molecule has 0 amide bonds. The Labute approximate surface area is 108 Å². The van der Waals surface area contributed by atoms with Crippen LogP contribution in [0.1, 0.15) is 30.6 Å². The van der Waals surface area contributed by atoms with Gasteiger partial charge in [-0.3, -0.25) is 4.79 Å². The van der Waals surface area contributed by atoms with Crippen molar-refractivity contribution in [2.75, 3.05) is 7.11 Å². The monoisotopic (exact) mass is 302 g/mol. The maximum atomic E-state index is 11.3. The lowest BCUT2D eigenvalue weighted by Gasteiger charge is -2.08. The molecule has 1 aromatic heterocycles. The summed E-state index contributed by atoms with van der Waals surface area (Å²) in [6.45, 7) is 2.23. The number of ether oxygens (including phenoxy) is 1. The molecule has 1 heterocycles. The molecule has 2 nitrogen and oxygen atoms in total. The molecule has 0 aromatic carbocycles. The molecular formula is C12H15BrO2S. The maximum absolute atomic E-state index is 11.3. The van der Waals surface area contributed by atoms with Crippen LogP contribution < -0.4 is 0 Å². The molecule has 4 heteroatoms. The van der Waals surface area contributed by atoms with Gasteiger partial charge < -0.3 is 4.74 Å². The van der Waals surface area contributed by atoms with Crippen LogP contribution in [0.5, 0.6) is 0 Å². The van der Waals surface area contributed by atoms with Gasteiger partial charge in [0.25, 0.3) is 0 Å². The molecule has 0 aliphatic heterocycles. The molecule has 0 bridgehead atoms. The Morgan fingerprint density at radius 1 is 1.69 bits per heavy atom. The van der Waals surface area contributed by atoms with Gasteiger partial charge >= 0.3 is 5.97 Å². The van der Waals surface area contributed by atoms with Gasteiger partial charge in [0.05, 0.1) is 16.8 Å². The summed E-state index contributed by atoms with van der Waals surface area (Å²) in [6, 6.07) is 4.25. The van der Waals surface area contributed by atoms with E-state index in [2.05, 4.69) is 35.0 Å². The van der Waals surface area contributed by atoms with Crippen molar-refractivity contribution < 1.29 is 9.53 Å². The van der Waals surface area contributed by atoms with E-state index in [-0.39, 0.29) is 11.9 Å². The summed E-state index contributed by atoms with van der Waals surface area (Å²) in [4.78, 5) is 12.7. The van der Waals surface area contributed by atoms with Crippen molar-refractivity contribution >= 4 is 33.2 Å². The highest BCUT2D eigenvalue weighted by Gasteiger charge is 2.44. The van der Waals surface area contributed by atoms with E-state index in [1.165, 1.54) is 15.8 Å². The average Bonchev–Trinajstić information content (AvgIpc) is 2.89. The fourth-order valence-corrected chi connectivity index (χ4v) is 3.60. The Kier molecular flexibility index (Phi) is 3.70. The normalized spacial score (nSPS) is 25.2. The van der Waals surface area contributed by atoms with Crippen LogP contribution in [-0.2, 0) is 9.53 Å². The molecule has 1 aromatic rings. The van der Waals surface area contributed by atoms with E-state index in [0.29, 0.717) is 11.8 Å². The SMILES string of the molecule is COC(=O)C1CC1CC(C)c1ccc(Br)s1. The molecular weight excluding hydrogens is 288 g/mol. The number of carbonyl (C=O) groups excluding carboxylic acids is 1. The highest BCUT2D eigenvalue weighted by molar-refractivity contribution is 9.11. The first-order valence-corrected chi connectivity index (χ1v) is 7.05. The van der Waals surface area contributed by atoms with Crippen molar-refractivity contribution in [1.82, 2.24) is 0 Å². The van der Waals surface area contributed by atoms with Crippen molar-refractivity contribution in [3.63, 3.8) is 0 Å². The molecule has 0 radical (unpaired) electrons. The molecule has 3 unspecified atom stereocenters. The van der Waals surface area contributed by atoms with Crippen LogP contribution in [0.25, 0.3) is 0 Å². The fraction of sp³-hybridized carbons (Fsp3) is 0.583. The van der Waals surface area contributed by atoms with Gasteiger partial charge in [-0.2, -0.15) is 0 Å². The number of halogens is 1. The van der Waals surface area contributed by atoms with E-state index in [1.54, 1.807) is 11.3 Å². The van der Waals surface area contributed by atoms with Crippen LogP contribution in [0.4, 0.5) is 0 Å². The molecule has 0 N–H and O–H groups in total. The molecule has 16 heavy (non-hydrogen) atoms. The van der Waals surface area contributed by atoms with Crippen molar-refractivity contribution in [2.24, 2.45) is 11.8 Å². The average molecular weight is 303 g/mol. The summed E-state index contributed by atoms with van der Waals surface area (Å²) in [6.07, 6.45) is 2.09. The Bertz CT molecular complexity index is 388. The molecule has 1 fully saturated rings. The van der Waals surface area contributed by atoms with E-state index in [4.69, 9.17) is 4.74 Å². The molecule has 3 atom stereocenters. The molecule has 1 aliphatic carbocycles. The third-order valence-electron chi connectivity index (χ3n) is 3.16. The number of methoxy groups -OCH3 is 1. The predicted molar refractivity (Wildman–Crippen MR) is 68.7 cm³/mol. The molecule has 0 saturated heterocycles. The number of rotatable bonds is 4. The maximum Gasteiger partial charge on any atom is 0.308 e. The quantitative estimate of drug-likeness (QED) is 0.791. The fourth-order valence-electron chi connectivity index (χ4n) is 2.11. The van der Waals surface area contributed by atoms with E-state index >= 15 is 0 Å². The van der Waals surface area contributed by atoms with Gasteiger partial charge in [-0.1, -0.05) is 6.92 Å². The number of carbonyl (C=O) groups is 1. The van der Waals surface area contributed by atoms with Gasteiger partial charge in [-0.05, 0) is 52.7 Å². The van der Waals surface area contributed by atoms with Crippen molar-refractivity contribution in [2.45, 2.75) is 25.7 Å². The Morgan fingerprint density at radius 3 is 3.00 bits per heavy atom. The third kappa shape index (κ3) is 2.66. The summed E-state index contributed by atoms with van der Waals surface area (Å²) >= 11 is 5.25. The summed E-state index contributed by atoms with van der Waals surface area (Å²) in [5.74, 6) is 1.19. The second kappa shape index (κ2) is 4.88. The molecule has 1 saturated carbocycles. The van der Waals surface area contributed by atoms with E-state index in [9.17, 15) is 4.79 Å². The third-order valence-corrected chi connectivity index (χ3v) is 5.02. The summed E-state index contributed by atoms with van der Waals surface area (Å²) in [5, 5.41) is 0. The zero-order chi connectivity index (χ0) is 11.7. The zero-order valence-electron chi connectivity index (χ0n) is 9.40. The number of hydrogen-bond acceptors (Lipinski definition) is 3. The minimum absolute atomic E-state index is 0.0374. The number of hydrogen-bond donors (Lipinski definition) is 0. The zero-order valence-corrected chi connectivity index (χ0v) is 11.8. The molecule has 2 rings (SSSR count). The second-order valence-electron chi connectivity index (χ2n) is 4.40. The minimum atomic E-state index is -0.0374. The van der Waals surface area contributed by atoms with Crippen LogP contribution in [0.15, 0.2) is 15.9 Å². The predicted octanol–water partition coefficient (Wildman–Crippen LogP) is 3.81. The van der Waals surface area contributed by atoms with Crippen LogP contribution in [0.3, 0.4) is 0 Å². The first-order chi connectivity index (χ1) is 7.61. The van der Waals surface area contributed by atoms with Gasteiger partial charge in [-0.25, -0.2) is 0 Å². The highest BCUT2D eigenvalue weighted by Crippen LogP contribution is 2.46. The standard InChI is InChI=1S/C12H15BrO2S/c1-7(10-3-4-11(13)16-10)5-8-6-9(8)12(14)15-2/h3-4,7-9H,5-6H2,1-2H3. The molecule has 88 valence electrons. The summed E-state index contributed by atoms with van der Waals surface area (Å²) < 4.78 is 5.93. The van der Waals surface area contributed by atoms with Gasteiger partial charge in [0.15, 0.2) is 0 Å². The highest BCUT2D eigenvalue weighted by atomic mass is 79.9. The van der Waals surface area contributed by atoms with Crippen molar-refractivity contribution in [1.29, 1.82) is 0 Å². The van der Waals surface area contributed by atoms with E-state index < -0.39 is 0 Å². The van der Waals surface area contributed by atoms with Crippen LogP contribution in [-0.4, -0.2) is 13.1 Å². The first-order valence-electron chi connectivity index (χ1n) is 5.45. The lowest BCUT2D eigenvalue weighted by atomic mass is 10.0. The summed E-state index contributed by atoms with van der Waals surface area (Å²) in [5.41, 5.74) is 0. The number of esters is 1. The molecule has 0 spiro atoms. The van der Waals surface area contributed by atoms with Gasteiger partial charge in [0, 0.05) is 4.88 Å². The molecule has 1 aliphatic rings.